The van der Waals surface area contributed by atoms with E-state index >= 15 is 0 Å². The summed E-state index contributed by atoms with van der Waals surface area (Å²) in [5.74, 6) is -2.20. The van der Waals surface area contributed by atoms with Crippen LogP contribution in [0.2, 0.25) is 0 Å². The summed E-state index contributed by atoms with van der Waals surface area (Å²) in [6, 6.07) is 7.70. The molecule has 3 rings (SSSR count). The van der Waals surface area contributed by atoms with Crippen molar-refractivity contribution in [2.75, 3.05) is 0 Å². The minimum absolute atomic E-state index is 0.105. The van der Waals surface area contributed by atoms with Gasteiger partial charge < -0.3 is 15.1 Å². The van der Waals surface area contributed by atoms with Gasteiger partial charge in [0.2, 0.25) is 11.7 Å². The van der Waals surface area contributed by atoms with Crippen molar-refractivity contribution in [3.63, 3.8) is 0 Å². The molecule has 1 aromatic heterocycles. The van der Waals surface area contributed by atoms with E-state index in [1.54, 1.807) is 24.3 Å². The van der Waals surface area contributed by atoms with Gasteiger partial charge in [0.1, 0.15) is 0 Å². The zero-order valence-electron chi connectivity index (χ0n) is 21.0. The van der Waals surface area contributed by atoms with Crippen LogP contribution in [0.15, 0.2) is 39.5 Å². The monoisotopic (exact) mass is 484 g/mol. The molecule has 9 heteroatoms. The van der Waals surface area contributed by atoms with Crippen LogP contribution in [0.25, 0.3) is 0 Å². The second kappa shape index (κ2) is 12.0. The number of ketones is 1. The van der Waals surface area contributed by atoms with Crippen LogP contribution < -0.4 is 16.4 Å². The summed E-state index contributed by atoms with van der Waals surface area (Å²) in [6.07, 6.45) is 3.46. The summed E-state index contributed by atoms with van der Waals surface area (Å²) < 4.78 is 6.27. The van der Waals surface area contributed by atoms with Crippen molar-refractivity contribution >= 4 is 17.6 Å². The smallest absolute Gasteiger partial charge is 0.384 e. The maximum Gasteiger partial charge on any atom is 0.437 e. The third kappa shape index (κ3) is 7.13. The number of hydrogen-bond acceptors (Lipinski definition) is 6. The molecular weight excluding hydrogens is 448 g/mol. The van der Waals surface area contributed by atoms with E-state index in [-0.39, 0.29) is 35.6 Å². The molecule has 0 bridgehead atoms. The first kappa shape index (κ1) is 26.4. The Labute approximate surface area is 205 Å². The third-order valence-electron chi connectivity index (χ3n) is 6.15. The summed E-state index contributed by atoms with van der Waals surface area (Å²) in [5.41, 5.74) is 0.539. The summed E-state index contributed by atoms with van der Waals surface area (Å²) >= 11 is 0. The van der Waals surface area contributed by atoms with Gasteiger partial charge in [-0.2, -0.15) is 4.68 Å². The van der Waals surface area contributed by atoms with Crippen LogP contribution in [0.3, 0.4) is 0 Å². The summed E-state index contributed by atoms with van der Waals surface area (Å²) in [5, 5.41) is 9.95. The maximum absolute atomic E-state index is 13.3. The van der Waals surface area contributed by atoms with Crippen LogP contribution in [0.4, 0.5) is 0 Å². The molecule has 9 nitrogen and oxygen atoms in total. The lowest BCUT2D eigenvalue weighted by atomic mass is 9.83. The van der Waals surface area contributed by atoms with Crippen LogP contribution in [0.1, 0.15) is 80.8 Å². The van der Waals surface area contributed by atoms with Gasteiger partial charge in [0.05, 0.1) is 18.5 Å². The number of nitrogens with zero attached hydrogens (tertiary/aromatic N) is 2. The van der Waals surface area contributed by atoms with Crippen LogP contribution in [-0.2, 0) is 11.3 Å². The highest BCUT2D eigenvalue weighted by Gasteiger charge is 2.35. The lowest BCUT2D eigenvalue weighted by Crippen LogP contribution is -2.52. The second-order valence-corrected chi connectivity index (χ2v) is 10.1. The van der Waals surface area contributed by atoms with E-state index in [4.69, 9.17) is 4.42 Å². The molecule has 1 aliphatic carbocycles. The minimum atomic E-state index is -0.875. The van der Waals surface area contributed by atoms with Crippen molar-refractivity contribution in [3.8, 4) is 0 Å². The van der Waals surface area contributed by atoms with Crippen molar-refractivity contribution in [3.05, 3.63) is 52.3 Å². The van der Waals surface area contributed by atoms with Gasteiger partial charge in [-0.1, -0.05) is 58.7 Å². The third-order valence-corrected chi connectivity index (χ3v) is 6.15. The quantitative estimate of drug-likeness (QED) is 0.499. The van der Waals surface area contributed by atoms with Gasteiger partial charge in [0.15, 0.2) is 0 Å². The largest absolute Gasteiger partial charge is 0.437 e. The van der Waals surface area contributed by atoms with Crippen molar-refractivity contribution < 1.29 is 18.8 Å². The number of Topliss-reactive ketones (excluding diaryl/α,β-unsaturated/α-hetero) is 1. The molecule has 35 heavy (non-hydrogen) atoms. The summed E-state index contributed by atoms with van der Waals surface area (Å²) in [4.78, 5) is 51.4. The normalized spacial score (nSPS) is 18.9. The Hall–Kier alpha value is -3.23. The maximum atomic E-state index is 13.3. The molecule has 1 aromatic carbocycles. The summed E-state index contributed by atoms with van der Waals surface area (Å²) in [7, 11) is 0. The molecule has 0 saturated heterocycles. The van der Waals surface area contributed by atoms with Gasteiger partial charge >= 0.3 is 5.76 Å². The Morgan fingerprint density at radius 2 is 1.74 bits per heavy atom. The molecule has 1 heterocycles. The SMILES string of the molecule is CC(C)C[C@H](NC(=O)[C@H]1CCCC[C@@H]1NC(=O)c1ccccc1)C(=O)c1nn(CC(C)C)c(=O)o1. The first-order valence-corrected chi connectivity index (χ1v) is 12.4. The first-order chi connectivity index (χ1) is 16.7. The molecule has 3 atom stereocenters. The van der Waals surface area contributed by atoms with E-state index in [9.17, 15) is 19.2 Å². The van der Waals surface area contributed by atoms with Crippen molar-refractivity contribution in [2.24, 2.45) is 17.8 Å². The fraction of sp³-hybridized carbons (Fsp3) is 0.577. The number of benzene rings is 1. The van der Waals surface area contributed by atoms with Crippen LogP contribution >= 0.6 is 0 Å². The standard InChI is InChI=1S/C26H36N4O5/c1-16(2)14-21(22(31)25-29-30(15-17(3)4)26(34)35-25)28-24(33)19-12-8-9-13-20(19)27-23(32)18-10-6-5-7-11-18/h5-7,10-11,16-17,19-21H,8-9,12-15H2,1-4H3,(H,27,32)(H,28,33)/t19-,20-,21-/m0/s1. The molecule has 2 N–H and O–H groups in total. The van der Waals surface area contributed by atoms with Crippen molar-refractivity contribution in [2.45, 2.75) is 78.4 Å². The molecule has 1 aliphatic rings. The highest BCUT2D eigenvalue weighted by atomic mass is 16.4. The molecule has 0 unspecified atom stereocenters. The van der Waals surface area contributed by atoms with Crippen molar-refractivity contribution in [1.82, 2.24) is 20.4 Å². The van der Waals surface area contributed by atoms with E-state index in [0.29, 0.717) is 31.4 Å². The molecule has 1 fully saturated rings. The predicted octanol–water partition coefficient (Wildman–Crippen LogP) is 3.19. The lowest BCUT2D eigenvalue weighted by molar-refractivity contribution is -0.127. The Kier molecular flexibility index (Phi) is 9.01. The van der Waals surface area contributed by atoms with E-state index in [1.807, 2.05) is 33.8 Å². The van der Waals surface area contributed by atoms with Gasteiger partial charge in [-0.25, -0.2) is 4.79 Å². The molecule has 0 aliphatic heterocycles. The second-order valence-electron chi connectivity index (χ2n) is 10.1. The zero-order chi connectivity index (χ0) is 25.5. The zero-order valence-corrected chi connectivity index (χ0v) is 21.0. The van der Waals surface area contributed by atoms with Gasteiger partial charge in [0, 0.05) is 11.6 Å². The Morgan fingerprint density at radius 3 is 2.40 bits per heavy atom. The van der Waals surface area contributed by atoms with Crippen LogP contribution in [-0.4, -0.2) is 39.5 Å². The van der Waals surface area contributed by atoms with Gasteiger partial charge in [-0.15, -0.1) is 5.10 Å². The number of nitrogens with one attached hydrogen (secondary N) is 2. The van der Waals surface area contributed by atoms with E-state index in [2.05, 4.69) is 15.7 Å². The number of rotatable bonds is 10. The molecule has 0 radical (unpaired) electrons. The molecule has 2 aromatic rings. The van der Waals surface area contributed by atoms with E-state index < -0.39 is 23.5 Å². The first-order valence-electron chi connectivity index (χ1n) is 12.4. The van der Waals surface area contributed by atoms with Gasteiger partial charge in [0.25, 0.3) is 11.8 Å². The highest BCUT2D eigenvalue weighted by molar-refractivity contribution is 5.99. The van der Waals surface area contributed by atoms with Crippen molar-refractivity contribution in [1.29, 1.82) is 0 Å². The number of amides is 2. The molecule has 0 spiro atoms. The van der Waals surface area contributed by atoms with E-state index in [1.165, 1.54) is 0 Å². The Morgan fingerprint density at radius 1 is 1.06 bits per heavy atom. The van der Waals surface area contributed by atoms with Crippen LogP contribution in [0.5, 0.6) is 0 Å². The van der Waals surface area contributed by atoms with E-state index in [0.717, 1.165) is 17.5 Å². The lowest BCUT2D eigenvalue weighted by Gasteiger charge is -2.32. The highest BCUT2D eigenvalue weighted by Crippen LogP contribution is 2.26. The Balaban J connectivity index is 1.74. The molecular formula is C26H36N4O5. The number of carbonyl (C=O) groups is 3. The number of hydrogen-bond donors (Lipinski definition) is 2. The van der Waals surface area contributed by atoms with Crippen LogP contribution in [0, 0.1) is 17.8 Å². The fourth-order valence-corrected chi connectivity index (χ4v) is 4.46. The van der Waals surface area contributed by atoms with Gasteiger partial charge in [-0.05, 0) is 43.2 Å². The Bertz CT molecular complexity index is 1070. The fourth-order valence-electron chi connectivity index (χ4n) is 4.46. The molecule has 2 amide bonds. The summed E-state index contributed by atoms with van der Waals surface area (Å²) in [6.45, 7) is 8.09. The molecule has 1 saturated carbocycles. The van der Waals surface area contributed by atoms with Gasteiger partial charge in [-0.3, -0.25) is 14.4 Å². The predicted molar refractivity (Wildman–Crippen MR) is 131 cm³/mol. The topological polar surface area (TPSA) is 123 Å². The average molecular weight is 485 g/mol. The average Bonchev–Trinajstić information content (AvgIpc) is 3.18. The number of carbonyl (C=O) groups excluding carboxylic acids is 3. The number of aromatic nitrogens is 2. The minimum Gasteiger partial charge on any atom is -0.384 e. The molecule has 190 valence electrons.